The summed E-state index contributed by atoms with van der Waals surface area (Å²) in [5.41, 5.74) is 13.7. The van der Waals surface area contributed by atoms with Gasteiger partial charge in [-0.05, 0) is 0 Å². The molecule has 88 valence electrons. The minimum absolute atomic E-state index is 0.944. The normalized spacial score (nSPS) is 10.9. The van der Waals surface area contributed by atoms with Gasteiger partial charge in [0.1, 0.15) is 0 Å². The first kappa shape index (κ1) is 13.6. The van der Waals surface area contributed by atoms with Crippen LogP contribution in [0.1, 0.15) is 27.8 Å². The van der Waals surface area contributed by atoms with Crippen molar-refractivity contribution < 1.29 is 19.4 Å². The molecule has 2 N–H and O–H groups in total. The fraction of sp³-hybridized carbons (Fsp3) is 0.462. The molecule has 3 heteroatoms. The third-order valence-electron chi connectivity index (χ3n) is 3.36. The van der Waals surface area contributed by atoms with Gasteiger partial charge < -0.3 is 0 Å². The third kappa shape index (κ3) is 2.14. The first-order chi connectivity index (χ1) is 7.29. The number of nitrogens with zero attached hydrogens (tertiary/aromatic N) is 1. The molecule has 1 aromatic carbocycles. The SMILES string of the molecule is Cc1c(C)c(C)c([C](=[W])N(C)C)c(N)c1C. The van der Waals surface area contributed by atoms with Crippen molar-refractivity contribution >= 4 is 9.71 Å². The summed E-state index contributed by atoms with van der Waals surface area (Å²) in [6.45, 7) is 8.60. The Morgan fingerprint density at radius 1 is 0.938 bits per heavy atom. The van der Waals surface area contributed by atoms with Gasteiger partial charge in [0, 0.05) is 0 Å². The molecule has 0 aromatic heterocycles. The summed E-state index contributed by atoms with van der Waals surface area (Å²) in [7, 11) is 4.15. The van der Waals surface area contributed by atoms with E-state index in [1.807, 2.05) is 0 Å². The van der Waals surface area contributed by atoms with Crippen LogP contribution in [-0.4, -0.2) is 23.0 Å². The molecule has 0 radical (unpaired) electrons. The Labute approximate surface area is 109 Å². The first-order valence-corrected chi connectivity index (χ1v) is 6.83. The van der Waals surface area contributed by atoms with Gasteiger partial charge in [-0.1, -0.05) is 0 Å². The van der Waals surface area contributed by atoms with E-state index in [2.05, 4.69) is 46.7 Å². The summed E-state index contributed by atoms with van der Waals surface area (Å²) in [6, 6.07) is 0. The van der Waals surface area contributed by atoms with Gasteiger partial charge in [0.15, 0.2) is 0 Å². The molecular formula is C13H20N2W. The second kappa shape index (κ2) is 4.81. The van der Waals surface area contributed by atoms with Crippen molar-refractivity contribution in [2.45, 2.75) is 27.7 Å². The second-order valence-electron chi connectivity index (χ2n) is 4.49. The van der Waals surface area contributed by atoms with Crippen LogP contribution in [0.3, 0.4) is 0 Å². The summed E-state index contributed by atoms with van der Waals surface area (Å²) in [5, 5.41) is 0. The molecular weight excluding hydrogens is 368 g/mol. The zero-order valence-electron chi connectivity index (χ0n) is 10.9. The molecule has 1 rings (SSSR count). The first-order valence-electron chi connectivity index (χ1n) is 5.36. The Bertz CT molecular complexity index is 419. The summed E-state index contributed by atoms with van der Waals surface area (Å²) in [4.78, 5) is 2.15. The molecule has 0 saturated carbocycles. The minimum atomic E-state index is 0.944. The molecule has 1 aromatic rings. The van der Waals surface area contributed by atoms with Crippen LogP contribution in [0.5, 0.6) is 0 Å². The summed E-state index contributed by atoms with van der Waals surface area (Å²) in [5.74, 6) is 0. The van der Waals surface area contributed by atoms with Crippen molar-refractivity contribution in [3.63, 3.8) is 0 Å². The molecule has 0 atom stereocenters. The van der Waals surface area contributed by atoms with E-state index in [-0.39, 0.29) is 0 Å². The van der Waals surface area contributed by atoms with E-state index >= 15 is 0 Å². The van der Waals surface area contributed by atoms with E-state index in [0.29, 0.717) is 0 Å². The number of benzene rings is 1. The van der Waals surface area contributed by atoms with E-state index in [9.17, 15) is 0 Å². The predicted octanol–water partition coefficient (Wildman–Crippen LogP) is 2.09. The van der Waals surface area contributed by atoms with Crippen molar-refractivity contribution in [1.29, 1.82) is 0 Å². The Balaban J connectivity index is 3.58. The van der Waals surface area contributed by atoms with Crippen LogP contribution < -0.4 is 5.73 Å². The van der Waals surface area contributed by atoms with Crippen LogP contribution in [0.15, 0.2) is 0 Å². The number of anilines is 1. The third-order valence-corrected chi connectivity index (χ3v) is 5.40. The second-order valence-corrected chi connectivity index (χ2v) is 5.88. The van der Waals surface area contributed by atoms with Crippen molar-refractivity contribution in [2.75, 3.05) is 19.8 Å². The Morgan fingerprint density at radius 2 is 1.38 bits per heavy atom. The number of hydrogen-bond donors (Lipinski definition) is 1. The fourth-order valence-corrected chi connectivity index (χ4v) is 2.79. The van der Waals surface area contributed by atoms with Gasteiger partial charge in [0.2, 0.25) is 0 Å². The zero-order chi connectivity index (χ0) is 12.6. The van der Waals surface area contributed by atoms with Crippen LogP contribution in [0.2, 0.25) is 0 Å². The van der Waals surface area contributed by atoms with Gasteiger partial charge >= 0.3 is 109 Å². The Morgan fingerprint density at radius 3 is 1.81 bits per heavy atom. The molecule has 2 nitrogen and oxygen atoms in total. The van der Waals surface area contributed by atoms with Gasteiger partial charge in [-0.25, -0.2) is 0 Å². The van der Waals surface area contributed by atoms with Gasteiger partial charge in [-0.15, -0.1) is 0 Å². The maximum absolute atomic E-state index is 6.26. The van der Waals surface area contributed by atoms with Crippen molar-refractivity contribution in [1.82, 2.24) is 4.90 Å². The molecule has 0 fully saturated rings. The number of nitrogen functional groups attached to an aromatic ring is 1. The van der Waals surface area contributed by atoms with Crippen LogP contribution >= 0.6 is 0 Å². The standard InChI is InChI=1S/C13H20N2.W/c1-8-9(2)11(4)13(14)12(10(8)3)7-15(5)6;/h14H2,1-6H3;. The van der Waals surface area contributed by atoms with Gasteiger partial charge in [-0.2, -0.15) is 0 Å². The average molecular weight is 388 g/mol. The van der Waals surface area contributed by atoms with E-state index in [1.165, 1.54) is 51.2 Å². The summed E-state index contributed by atoms with van der Waals surface area (Å²) in [6.07, 6.45) is 0. The number of nitrogens with two attached hydrogens (primary N) is 1. The summed E-state index contributed by atoms with van der Waals surface area (Å²) >= 11 is 1.46. The van der Waals surface area contributed by atoms with Crippen LogP contribution in [0.4, 0.5) is 5.69 Å². The zero-order valence-corrected chi connectivity index (χ0v) is 13.9. The van der Waals surface area contributed by atoms with E-state index in [0.717, 1.165) is 5.69 Å². The molecule has 0 aliphatic heterocycles. The topological polar surface area (TPSA) is 29.3 Å². The molecule has 0 saturated heterocycles. The Hall–Kier alpha value is -0.462. The molecule has 0 aliphatic rings. The van der Waals surface area contributed by atoms with E-state index in [1.54, 1.807) is 0 Å². The monoisotopic (exact) mass is 388 g/mol. The maximum atomic E-state index is 6.26. The van der Waals surface area contributed by atoms with Crippen LogP contribution in [0, 0.1) is 27.7 Å². The summed E-state index contributed by atoms with van der Waals surface area (Å²) < 4.78 is 1.31. The molecule has 0 aliphatic carbocycles. The number of rotatable bonds is 2. The van der Waals surface area contributed by atoms with Gasteiger partial charge in [0.25, 0.3) is 0 Å². The van der Waals surface area contributed by atoms with E-state index < -0.39 is 0 Å². The van der Waals surface area contributed by atoms with E-state index in [4.69, 9.17) is 5.73 Å². The molecule has 0 bridgehead atoms. The van der Waals surface area contributed by atoms with Gasteiger partial charge in [0.05, 0.1) is 0 Å². The number of hydrogen-bond acceptors (Lipinski definition) is 2. The fourth-order valence-electron chi connectivity index (χ4n) is 1.84. The molecule has 0 amide bonds. The molecule has 0 heterocycles. The molecule has 16 heavy (non-hydrogen) atoms. The van der Waals surface area contributed by atoms with Crippen LogP contribution in [0.25, 0.3) is 0 Å². The molecule has 0 unspecified atom stereocenters. The average Bonchev–Trinajstić information content (AvgIpc) is 2.23. The predicted molar refractivity (Wildman–Crippen MR) is 67.6 cm³/mol. The Kier molecular flexibility index (Phi) is 4.09. The van der Waals surface area contributed by atoms with Crippen molar-refractivity contribution in [3.8, 4) is 0 Å². The van der Waals surface area contributed by atoms with Crippen LogP contribution in [-0.2, 0) is 19.4 Å². The van der Waals surface area contributed by atoms with Crippen molar-refractivity contribution in [3.05, 3.63) is 27.8 Å². The molecule has 0 spiro atoms. The quantitative estimate of drug-likeness (QED) is 0.787. The van der Waals surface area contributed by atoms with Crippen molar-refractivity contribution in [2.24, 2.45) is 0 Å². The van der Waals surface area contributed by atoms with Gasteiger partial charge in [-0.3, -0.25) is 0 Å².